The van der Waals surface area contributed by atoms with Crippen LogP contribution in [0.2, 0.25) is 0 Å². The number of carbonyl (C=O) groups is 5. The fraction of sp³-hybridized carbons (Fsp3) is 0.419. The normalized spacial score (nSPS) is 14.8. The predicted octanol–water partition coefficient (Wildman–Crippen LogP) is 9.23. The van der Waals surface area contributed by atoms with Gasteiger partial charge in [0.2, 0.25) is 0 Å². The van der Waals surface area contributed by atoms with E-state index in [0.717, 1.165) is 171 Å². The van der Waals surface area contributed by atoms with Crippen molar-refractivity contribution in [2.75, 3.05) is 138 Å². The molecule has 4 amide bonds. The van der Waals surface area contributed by atoms with Crippen LogP contribution in [0, 0.1) is 46.0 Å². The number of carbonyl (C=O) groups excluding carboxylic acids is 5. The molecule has 1 unspecified atom stereocenters. The van der Waals surface area contributed by atoms with Crippen LogP contribution in [0.5, 0.6) is 0 Å². The van der Waals surface area contributed by atoms with Gasteiger partial charge in [-0.15, -0.1) is 0 Å². The minimum absolute atomic E-state index is 0. The summed E-state index contributed by atoms with van der Waals surface area (Å²) in [6.45, 7) is 21.1. The maximum atomic E-state index is 13.0. The number of imidazole rings is 4. The molecule has 0 radical (unpaired) electrons. The number of hydrogen-bond acceptors (Lipinski definition) is 27. The standard InChI is InChI=1S/C24H29N5O3.C23H29N5O4S.C22H24F3N5O4S.C22H27N5O2.CH4O2S.CH3.Na.W/c1-4-32-23(30)12-18-14-29-15-20(27-24(31)19-7-5-6-17(3)25-19)21(13-22(29)26-18)28-10-8-16(2)9-11-28;1-16-7-10-27(11-8-16)21-13-22-25-18(9-12-32-33(3,30)31)14-28(22)15-20(21)26-23(29)19-6-4-5-17(2)24-19;1-35(33,34)10-7-14-12-30-13-17(18(11-20(30)26-14)29-8-5-15(31)6-9-29)28-21(32)16-3-2-4-19(27-16)22(23,24)25;1-15-6-9-26(10-7-15)20-12-21-24-17(8-11-28)13-27(21)14-19(20)25-22(29)18-5-3-4-16(2)23-18;1-4(2)3;;;/h5-7,13-16H,4,8-12H2,1-3H3,(H,27,31);4-6,13-16H,7-12H2,1-3H3,(H,26,29);2-4,11-13,15,31H,5-10H2,1H3,(H,28,32);3-5,12-15,28H,6-11H2,1-2H3,(H,25,29);1H3,(H,2,3);1H3;;/q;;;;;-1;+1;/p-1. The van der Waals surface area contributed by atoms with Crippen LogP contribution in [0.3, 0.4) is 0 Å². The maximum absolute atomic E-state index is 13.0. The number of anilines is 8. The largest absolute Gasteiger partial charge is 1.00 e. The number of rotatable bonds is 24. The Morgan fingerprint density at radius 1 is 0.485 bits per heavy atom. The van der Waals surface area contributed by atoms with Crippen LogP contribution < -0.4 is 70.4 Å². The van der Waals surface area contributed by atoms with Gasteiger partial charge in [-0.05, 0) is 152 Å². The van der Waals surface area contributed by atoms with Crippen molar-refractivity contribution in [3.8, 4) is 0 Å². The summed E-state index contributed by atoms with van der Waals surface area (Å²) < 4.78 is 120. The second-order valence-electron chi connectivity index (χ2n) is 33.7. The molecule has 16 rings (SSSR count). The van der Waals surface area contributed by atoms with Gasteiger partial charge >= 0.3 is 41.7 Å². The van der Waals surface area contributed by atoms with Crippen molar-refractivity contribution in [1.82, 2.24) is 57.5 Å². The quantitative estimate of drug-likeness (QED) is 0.0108. The van der Waals surface area contributed by atoms with Crippen LogP contribution in [-0.4, -0.2) is 226 Å². The Hall–Kier alpha value is -10.7. The SMILES string of the molecule is CCOC(=O)Cc1cn2cc(NC(=O)c3cccc(C)n3)c(N3CCC(C)CC3)cc2n1.CS(=O)(=O)CCc1cn2cc(NC(=O)c3cccc(C(F)(F)F)n3)c(N3CCC(O)CC3)cc2n1.CS(=O)[O-].Cc1cccc(C(=O)Nc2cn3cc(CCO)nc3cc2N2CCC(C)CC2)n1.Cc1cccc(C(=O)Nc2cn3cc(CCOS(C)(=O)=O)nc3cc2N2CCC(C)CC2)n1.[CH3-].[Na+].[W]. The number of aromatic nitrogens is 12. The molecule has 0 bridgehead atoms. The molecule has 0 spiro atoms. The topological polar surface area (TPSA) is 435 Å². The Bertz CT molecular complexity index is 6410. The third-order valence-electron chi connectivity index (χ3n) is 22.7. The summed E-state index contributed by atoms with van der Waals surface area (Å²) in [5.41, 5.74) is 13.3. The first-order valence-corrected chi connectivity index (χ1v) is 49.3. The number of esters is 1. The number of hydrogen-bond donors (Lipinski definition) is 6. The van der Waals surface area contributed by atoms with E-state index >= 15 is 0 Å². The molecule has 35 nitrogen and oxygen atoms in total. The number of pyridine rings is 8. The molecule has 0 aromatic carbocycles. The van der Waals surface area contributed by atoms with E-state index in [1.807, 2.05) is 124 Å². The summed E-state index contributed by atoms with van der Waals surface area (Å²) in [6.07, 6.45) is 21.3. The zero-order chi connectivity index (χ0) is 95.6. The van der Waals surface area contributed by atoms with Crippen LogP contribution in [0.25, 0.3) is 22.6 Å². The molecular formula is C93H115F3N20NaO15S3W-. The Kier molecular flexibility index (Phi) is 39.7. The molecule has 12 aromatic heterocycles. The molecule has 16 heterocycles. The van der Waals surface area contributed by atoms with Gasteiger partial charge in [0.05, 0.1) is 106 Å². The average molecular weight is 2110 g/mol. The van der Waals surface area contributed by atoms with Gasteiger partial charge in [-0.3, -0.25) is 32.4 Å². The minimum atomic E-state index is -4.69. The van der Waals surface area contributed by atoms with E-state index in [4.69, 9.17) is 17.7 Å². The first-order valence-electron chi connectivity index (χ1n) is 43.9. The molecule has 12 aromatic rings. The van der Waals surface area contributed by atoms with Crippen LogP contribution in [0.15, 0.2) is 147 Å². The number of sulfone groups is 1. The maximum Gasteiger partial charge on any atom is 1.00 e. The fourth-order valence-electron chi connectivity index (χ4n) is 15.6. The van der Waals surface area contributed by atoms with Crippen LogP contribution >= 0.6 is 0 Å². The molecule has 0 aliphatic carbocycles. The molecule has 1 atom stereocenters. The Morgan fingerprint density at radius 3 is 1.10 bits per heavy atom. The van der Waals surface area contributed by atoms with Crippen molar-refractivity contribution in [2.45, 2.75) is 138 Å². The van der Waals surface area contributed by atoms with E-state index in [2.05, 4.69) is 96.6 Å². The summed E-state index contributed by atoms with van der Waals surface area (Å²) in [7, 11) is -6.68. The van der Waals surface area contributed by atoms with Crippen molar-refractivity contribution in [2.24, 2.45) is 17.8 Å². The van der Waals surface area contributed by atoms with Crippen LogP contribution in [0.4, 0.5) is 58.7 Å². The first kappa shape index (κ1) is 109. The van der Waals surface area contributed by atoms with Gasteiger partial charge in [-0.1, -0.05) is 56.1 Å². The number of nitrogens with one attached hydrogen (secondary N) is 4. The number of aryl methyl sites for hydroxylation is 4. The second-order valence-corrected chi connectivity index (χ2v) is 38.4. The molecule has 43 heteroatoms. The monoisotopic (exact) mass is 2110 g/mol. The van der Waals surface area contributed by atoms with Crippen LogP contribution in [0.1, 0.15) is 167 Å². The summed E-state index contributed by atoms with van der Waals surface area (Å²) in [6, 6.07) is 27.0. The molecule has 0 saturated carbocycles. The molecule has 4 fully saturated rings. The van der Waals surface area contributed by atoms with Crippen molar-refractivity contribution in [3.63, 3.8) is 0 Å². The molecule has 4 aliphatic heterocycles. The second kappa shape index (κ2) is 49.5. The van der Waals surface area contributed by atoms with E-state index in [1.165, 1.54) is 6.07 Å². The zero-order valence-corrected chi connectivity index (χ0v) is 85.6. The van der Waals surface area contributed by atoms with Gasteiger partial charge in [-0.2, -0.15) is 21.6 Å². The van der Waals surface area contributed by atoms with Crippen molar-refractivity contribution < 1.29 is 132 Å². The van der Waals surface area contributed by atoms with Gasteiger partial charge < -0.3 is 85.4 Å². The van der Waals surface area contributed by atoms with E-state index in [0.29, 0.717) is 126 Å². The van der Waals surface area contributed by atoms with Gasteiger partial charge in [0.25, 0.3) is 33.7 Å². The summed E-state index contributed by atoms with van der Waals surface area (Å²) in [5.74, 6) is 0.130. The molecule has 136 heavy (non-hydrogen) atoms. The van der Waals surface area contributed by atoms with E-state index in [1.54, 1.807) is 54.2 Å². The summed E-state index contributed by atoms with van der Waals surface area (Å²) in [5, 5.41) is 30.9. The third kappa shape index (κ3) is 31.4. The van der Waals surface area contributed by atoms with Crippen molar-refractivity contribution in [1.29, 1.82) is 0 Å². The van der Waals surface area contributed by atoms with Gasteiger partial charge in [0.15, 0.2) is 0 Å². The average Bonchev–Trinajstić information content (AvgIpc) is 1.61. The summed E-state index contributed by atoms with van der Waals surface area (Å²) >= 11 is -1.86. The van der Waals surface area contributed by atoms with Gasteiger partial charge in [-0.25, -0.2) is 48.3 Å². The minimum Gasteiger partial charge on any atom is -0.773 e. The fourth-order valence-corrected chi connectivity index (χ4v) is 16.5. The third-order valence-corrected chi connectivity index (χ3v) is 24.2. The van der Waals surface area contributed by atoms with E-state index in [9.17, 15) is 64.2 Å². The van der Waals surface area contributed by atoms with Crippen molar-refractivity contribution >= 4 is 129 Å². The number of aliphatic hydroxyl groups is 2. The predicted molar refractivity (Wildman–Crippen MR) is 508 cm³/mol. The molecule has 6 N–H and O–H groups in total. The first-order chi connectivity index (χ1) is 63.2. The van der Waals surface area contributed by atoms with Gasteiger partial charge in [0, 0.05) is 196 Å². The molecule has 4 saturated heterocycles. The Morgan fingerprint density at radius 2 is 0.787 bits per heavy atom. The number of ether oxygens (including phenoxy) is 1. The number of nitrogens with zero attached hydrogens (tertiary/aromatic N) is 16. The van der Waals surface area contributed by atoms with E-state index in [-0.39, 0.29) is 119 Å². The Balaban J connectivity index is 0.000000199. The van der Waals surface area contributed by atoms with Crippen LogP contribution in [-0.2, 0) is 97.7 Å². The van der Waals surface area contributed by atoms with Crippen molar-refractivity contribution in [3.05, 3.63) is 222 Å². The molecular weight excluding hydrogens is 2000 g/mol. The zero-order valence-electron chi connectivity index (χ0n) is 78.3. The number of amides is 4. The molecule has 724 valence electrons. The number of halogens is 3. The smallest absolute Gasteiger partial charge is 0.773 e. The number of aliphatic hydroxyl groups excluding tert-OH is 2. The summed E-state index contributed by atoms with van der Waals surface area (Å²) in [4.78, 5) is 107. The van der Waals surface area contributed by atoms with Gasteiger partial charge in [0.1, 0.15) is 60.9 Å². The molecule has 4 aliphatic rings. The number of fused-ring (bicyclic) bond motifs is 4. The Labute approximate surface area is 827 Å². The van der Waals surface area contributed by atoms with E-state index < -0.39 is 54.9 Å². The number of alkyl halides is 3. The number of piperidine rings is 4.